The normalized spacial score (nSPS) is 16.2. The van der Waals surface area contributed by atoms with Crippen LogP contribution in [0.15, 0.2) is 0 Å². The molecule has 138 valence electrons. The van der Waals surface area contributed by atoms with Gasteiger partial charge in [0.25, 0.3) is 17.7 Å². The second-order valence-corrected chi connectivity index (χ2v) is 4.89. The maximum Gasteiger partial charge on any atom is 0.364 e. The Kier molecular flexibility index (Phi) is 7.14. The number of aliphatic hydroxyl groups excluding tert-OH is 2. The molecule has 0 aliphatic carbocycles. The molecule has 0 spiro atoms. The van der Waals surface area contributed by atoms with Crippen LogP contribution in [0, 0.1) is 0 Å². The molecule has 1 heterocycles. The smallest absolute Gasteiger partial charge is 0.364 e. The molecule has 0 saturated carbocycles. The molecule has 2 unspecified atom stereocenters. The van der Waals surface area contributed by atoms with E-state index >= 15 is 0 Å². The van der Waals surface area contributed by atoms with Crippen molar-refractivity contribution in [1.82, 2.24) is 10.1 Å². The largest absolute Gasteiger partial charge is 0.379 e. The number of nitrogens with zero attached hydrogens (tertiary/aromatic N) is 2. The van der Waals surface area contributed by atoms with Crippen LogP contribution in [0.5, 0.6) is 0 Å². The fraction of sp³-hybridized carbons (Fsp3) is 0.538. The lowest BCUT2D eigenvalue weighted by Crippen LogP contribution is -2.46. The summed E-state index contributed by atoms with van der Waals surface area (Å²) in [7, 11) is 1.02. The Morgan fingerprint density at radius 2 is 1.68 bits per heavy atom. The molecule has 1 aliphatic heterocycles. The minimum Gasteiger partial charge on any atom is -0.379 e. The van der Waals surface area contributed by atoms with E-state index in [1.54, 1.807) is 0 Å². The number of hydrogen-bond acceptors (Lipinski definition) is 10. The summed E-state index contributed by atoms with van der Waals surface area (Å²) < 4.78 is 0. The SMILES string of the molecule is CN(OC(=O)C(O)C(O)C(=O)ON1C(=O)CCC1=O)C(=O)CCC=O. The zero-order valence-electron chi connectivity index (χ0n) is 13.1. The van der Waals surface area contributed by atoms with Crippen molar-refractivity contribution in [1.29, 1.82) is 0 Å². The fourth-order valence-electron chi connectivity index (χ4n) is 1.64. The highest BCUT2D eigenvalue weighted by molar-refractivity contribution is 6.02. The quantitative estimate of drug-likeness (QED) is 0.275. The number of aliphatic hydroxyl groups is 2. The first-order chi connectivity index (χ1) is 11.7. The maximum atomic E-state index is 11.6. The third-order valence-corrected chi connectivity index (χ3v) is 3.02. The third-order valence-electron chi connectivity index (χ3n) is 3.02. The summed E-state index contributed by atoms with van der Waals surface area (Å²) in [6.45, 7) is 0. The average molecular weight is 360 g/mol. The van der Waals surface area contributed by atoms with E-state index in [1.807, 2.05) is 0 Å². The molecule has 12 nitrogen and oxygen atoms in total. The summed E-state index contributed by atoms with van der Waals surface area (Å²) in [5.41, 5.74) is 0. The van der Waals surface area contributed by atoms with Gasteiger partial charge in [0.2, 0.25) is 0 Å². The minimum absolute atomic E-state index is 0.115. The van der Waals surface area contributed by atoms with Gasteiger partial charge in [0, 0.05) is 32.7 Å². The van der Waals surface area contributed by atoms with Crippen LogP contribution in [0.3, 0.4) is 0 Å². The zero-order chi connectivity index (χ0) is 19.1. The number of hydrogen-bond donors (Lipinski definition) is 2. The Hall–Kier alpha value is -2.86. The summed E-state index contributed by atoms with van der Waals surface area (Å²) >= 11 is 0. The van der Waals surface area contributed by atoms with E-state index in [9.17, 15) is 39.0 Å². The number of carbonyl (C=O) groups is 6. The molecule has 1 saturated heterocycles. The van der Waals surface area contributed by atoms with Gasteiger partial charge in [-0.2, -0.15) is 5.06 Å². The van der Waals surface area contributed by atoms with Gasteiger partial charge in [-0.05, 0) is 0 Å². The molecular weight excluding hydrogens is 344 g/mol. The Morgan fingerprint density at radius 3 is 2.20 bits per heavy atom. The molecule has 0 aromatic rings. The van der Waals surface area contributed by atoms with E-state index in [2.05, 4.69) is 9.68 Å². The molecule has 1 aliphatic rings. The minimum atomic E-state index is -2.47. The van der Waals surface area contributed by atoms with Crippen LogP contribution in [-0.4, -0.2) is 75.5 Å². The van der Waals surface area contributed by atoms with Crippen molar-refractivity contribution in [2.45, 2.75) is 37.9 Å². The molecule has 3 amide bonds. The molecule has 1 fully saturated rings. The van der Waals surface area contributed by atoms with Gasteiger partial charge < -0.3 is 24.7 Å². The van der Waals surface area contributed by atoms with Crippen LogP contribution in [0.2, 0.25) is 0 Å². The van der Waals surface area contributed by atoms with E-state index in [-0.39, 0.29) is 30.7 Å². The van der Waals surface area contributed by atoms with Crippen molar-refractivity contribution in [3.05, 3.63) is 0 Å². The Balaban J connectivity index is 2.57. The lowest BCUT2D eigenvalue weighted by molar-refractivity contribution is -0.215. The first kappa shape index (κ1) is 20.2. The van der Waals surface area contributed by atoms with Crippen molar-refractivity contribution in [2.75, 3.05) is 7.05 Å². The van der Waals surface area contributed by atoms with Crippen LogP contribution < -0.4 is 0 Å². The van der Waals surface area contributed by atoms with Gasteiger partial charge in [0.05, 0.1) is 0 Å². The van der Waals surface area contributed by atoms with Gasteiger partial charge in [0.1, 0.15) is 6.29 Å². The van der Waals surface area contributed by atoms with E-state index < -0.39 is 41.9 Å². The predicted molar refractivity (Wildman–Crippen MR) is 73.4 cm³/mol. The Morgan fingerprint density at radius 1 is 1.16 bits per heavy atom. The monoisotopic (exact) mass is 360 g/mol. The summed E-state index contributed by atoms with van der Waals surface area (Å²) in [5, 5.41) is 19.7. The zero-order valence-corrected chi connectivity index (χ0v) is 13.1. The topological polar surface area (TPSA) is 168 Å². The first-order valence-electron chi connectivity index (χ1n) is 7.04. The van der Waals surface area contributed by atoms with E-state index in [1.165, 1.54) is 0 Å². The van der Waals surface area contributed by atoms with Gasteiger partial charge in [-0.15, -0.1) is 5.06 Å². The van der Waals surface area contributed by atoms with Crippen molar-refractivity contribution in [3.63, 3.8) is 0 Å². The van der Waals surface area contributed by atoms with Crippen molar-refractivity contribution < 1.29 is 48.7 Å². The van der Waals surface area contributed by atoms with Gasteiger partial charge in [-0.1, -0.05) is 0 Å². The standard InChI is InChI=1S/C13H16N2O10/c1-14(7(17)3-2-6-16)24-12(22)10(20)11(21)13(23)25-15-8(18)4-5-9(15)19/h6,10-11,20-21H,2-5H2,1H3. The molecule has 12 heteroatoms. The van der Waals surface area contributed by atoms with Crippen LogP contribution in [-0.2, 0) is 38.4 Å². The number of hydroxylamine groups is 4. The molecule has 0 aromatic heterocycles. The summed E-state index contributed by atoms with van der Waals surface area (Å²) in [6.07, 6.45) is -5.17. The number of amides is 3. The lowest BCUT2D eigenvalue weighted by atomic mass is 10.2. The van der Waals surface area contributed by atoms with Crippen molar-refractivity contribution >= 4 is 35.9 Å². The number of carbonyl (C=O) groups excluding carboxylic acids is 6. The van der Waals surface area contributed by atoms with Crippen LogP contribution in [0.25, 0.3) is 0 Å². The van der Waals surface area contributed by atoms with Crippen LogP contribution >= 0.6 is 0 Å². The lowest BCUT2D eigenvalue weighted by Gasteiger charge is -2.21. The molecule has 0 aromatic carbocycles. The summed E-state index contributed by atoms with van der Waals surface area (Å²) in [5.74, 6) is -5.60. The van der Waals surface area contributed by atoms with Crippen LogP contribution in [0.1, 0.15) is 25.7 Å². The number of aldehydes is 1. The summed E-state index contributed by atoms with van der Waals surface area (Å²) in [6, 6.07) is 0. The number of imide groups is 1. The molecule has 0 radical (unpaired) electrons. The number of rotatable bonds is 7. The molecule has 0 bridgehead atoms. The van der Waals surface area contributed by atoms with E-state index in [0.29, 0.717) is 11.3 Å². The molecular formula is C13H16N2O10. The Bertz CT molecular complexity index is 573. The fourth-order valence-corrected chi connectivity index (χ4v) is 1.64. The third kappa shape index (κ3) is 5.32. The Labute approximate surface area is 140 Å². The van der Waals surface area contributed by atoms with Crippen LogP contribution in [0.4, 0.5) is 0 Å². The predicted octanol–water partition coefficient (Wildman–Crippen LogP) is -2.79. The van der Waals surface area contributed by atoms with Gasteiger partial charge >= 0.3 is 11.9 Å². The van der Waals surface area contributed by atoms with Crippen molar-refractivity contribution in [2.24, 2.45) is 0 Å². The highest BCUT2D eigenvalue weighted by Gasteiger charge is 2.39. The molecule has 2 N–H and O–H groups in total. The highest BCUT2D eigenvalue weighted by Crippen LogP contribution is 2.13. The second-order valence-electron chi connectivity index (χ2n) is 4.89. The first-order valence-corrected chi connectivity index (χ1v) is 7.04. The highest BCUT2D eigenvalue weighted by atomic mass is 16.7. The van der Waals surface area contributed by atoms with Gasteiger partial charge in [-0.3, -0.25) is 14.4 Å². The summed E-state index contributed by atoms with van der Waals surface area (Å²) in [4.78, 5) is 76.1. The van der Waals surface area contributed by atoms with E-state index in [0.717, 1.165) is 7.05 Å². The molecule has 2 atom stereocenters. The van der Waals surface area contributed by atoms with E-state index in [4.69, 9.17) is 0 Å². The average Bonchev–Trinajstić information content (AvgIpc) is 2.89. The van der Waals surface area contributed by atoms with Crippen molar-refractivity contribution in [3.8, 4) is 0 Å². The van der Waals surface area contributed by atoms with Gasteiger partial charge in [0.15, 0.2) is 12.2 Å². The maximum absolute atomic E-state index is 11.6. The van der Waals surface area contributed by atoms with Gasteiger partial charge in [-0.25, -0.2) is 9.59 Å². The second kappa shape index (κ2) is 8.84. The molecule has 1 rings (SSSR count). The molecule has 25 heavy (non-hydrogen) atoms.